The molecular weight excluding hydrogens is 354 g/mol. The summed E-state index contributed by atoms with van der Waals surface area (Å²) >= 11 is 0. The van der Waals surface area contributed by atoms with Crippen molar-refractivity contribution in [3.05, 3.63) is 54.6 Å². The first-order chi connectivity index (χ1) is 13.6. The normalized spacial score (nSPS) is 14.7. The summed E-state index contributed by atoms with van der Waals surface area (Å²) in [4.78, 5) is 18.7. The smallest absolute Gasteiger partial charge is 0.236 e. The minimum absolute atomic E-state index is 0.151. The van der Waals surface area contributed by atoms with E-state index >= 15 is 0 Å². The lowest BCUT2D eigenvalue weighted by atomic mass is 10.2. The fraction of sp³-hybridized carbons (Fsp3) is 0.409. The van der Waals surface area contributed by atoms with E-state index in [0.717, 1.165) is 44.0 Å². The Morgan fingerprint density at radius 3 is 2.39 bits per heavy atom. The van der Waals surface area contributed by atoms with Crippen molar-refractivity contribution in [2.45, 2.75) is 6.42 Å². The largest absolute Gasteiger partial charge is 0.508 e. The number of hydrogen-bond donors (Lipinski definition) is 1. The van der Waals surface area contributed by atoms with Crippen LogP contribution in [0.3, 0.4) is 0 Å². The summed E-state index contributed by atoms with van der Waals surface area (Å²) in [5.41, 5.74) is 1.11. The first kappa shape index (κ1) is 20.0. The maximum absolute atomic E-state index is 12.5. The third kappa shape index (κ3) is 5.89. The molecule has 0 atom stereocenters. The van der Waals surface area contributed by atoms with Crippen molar-refractivity contribution < 1.29 is 14.6 Å². The SMILES string of the molecule is CN(CCCOc1ccccc1)C(=O)CN1CCN(c2ccc(O)cc2)CC1. The van der Waals surface area contributed by atoms with Crippen LogP contribution in [0.4, 0.5) is 5.69 Å². The van der Waals surface area contributed by atoms with Crippen LogP contribution in [0, 0.1) is 0 Å². The van der Waals surface area contributed by atoms with Gasteiger partial charge in [-0.25, -0.2) is 0 Å². The molecular formula is C22H29N3O3. The molecule has 0 spiro atoms. The highest BCUT2D eigenvalue weighted by molar-refractivity contribution is 5.78. The number of piperazine rings is 1. The molecule has 0 radical (unpaired) electrons. The van der Waals surface area contributed by atoms with Crippen molar-refractivity contribution in [1.82, 2.24) is 9.80 Å². The van der Waals surface area contributed by atoms with Crippen LogP contribution in [-0.4, -0.2) is 73.7 Å². The first-order valence-electron chi connectivity index (χ1n) is 9.80. The molecule has 0 saturated carbocycles. The number of carbonyl (C=O) groups excluding carboxylic acids is 1. The lowest BCUT2D eigenvalue weighted by molar-refractivity contribution is -0.131. The number of anilines is 1. The van der Waals surface area contributed by atoms with Crippen molar-refractivity contribution in [1.29, 1.82) is 0 Å². The van der Waals surface area contributed by atoms with Gasteiger partial charge in [0.05, 0.1) is 13.2 Å². The van der Waals surface area contributed by atoms with Crippen LogP contribution in [0.2, 0.25) is 0 Å². The van der Waals surface area contributed by atoms with Gasteiger partial charge in [0, 0.05) is 45.5 Å². The Labute approximate surface area is 166 Å². The van der Waals surface area contributed by atoms with Gasteiger partial charge in [-0.3, -0.25) is 9.69 Å². The summed E-state index contributed by atoms with van der Waals surface area (Å²) in [6.07, 6.45) is 0.811. The van der Waals surface area contributed by atoms with Gasteiger partial charge in [0.25, 0.3) is 0 Å². The fourth-order valence-electron chi connectivity index (χ4n) is 3.27. The number of amides is 1. The van der Waals surface area contributed by atoms with Crippen LogP contribution in [0.5, 0.6) is 11.5 Å². The Morgan fingerprint density at radius 2 is 1.71 bits per heavy atom. The van der Waals surface area contributed by atoms with Crippen molar-refractivity contribution in [3.8, 4) is 11.5 Å². The van der Waals surface area contributed by atoms with E-state index in [0.29, 0.717) is 19.7 Å². The highest BCUT2D eigenvalue weighted by Crippen LogP contribution is 2.19. The van der Waals surface area contributed by atoms with E-state index in [2.05, 4.69) is 9.80 Å². The minimum Gasteiger partial charge on any atom is -0.508 e. The molecule has 1 saturated heterocycles. The molecule has 2 aromatic rings. The first-order valence-corrected chi connectivity index (χ1v) is 9.80. The Kier molecular flexibility index (Phi) is 7.14. The lowest BCUT2D eigenvalue weighted by Crippen LogP contribution is -2.49. The highest BCUT2D eigenvalue weighted by Gasteiger charge is 2.20. The van der Waals surface area contributed by atoms with Gasteiger partial charge in [-0.2, -0.15) is 0 Å². The number of ether oxygens (including phenoxy) is 1. The van der Waals surface area contributed by atoms with Gasteiger partial charge in [-0.05, 0) is 42.8 Å². The number of para-hydroxylation sites is 1. The number of phenolic OH excluding ortho intramolecular Hbond substituents is 1. The standard InChI is InChI=1S/C22H29N3O3/c1-23(12-5-17-28-21-6-3-2-4-7-21)22(27)18-24-13-15-25(16-14-24)19-8-10-20(26)11-9-19/h2-4,6-11,26H,5,12-18H2,1H3. The molecule has 0 aliphatic carbocycles. The van der Waals surface area contributed by atoms with Gasteiger partial charge in [-0.1, -0.05) is 18.2 Å². The number of carbonyl (C=O) groups is 1. The monoisotopic (exact) mass is 383 g/mol. The van der Waals surface area contributed by atoms with Gasteiger partial charge in [0.1, 0.15) is 11.5 Å². The second kappa shape index (κ2) is 9.99. The van der Waals surface area contributed by atoms with Crippen LogP contribution in [-0.2, 0) is 4.79 Å². The Balaban J connectivity index is 1.33. The van der Waals surface area contributed by atoms with Crippen LogP contribution in [0.25, 0.3) is 0 Å². The van der Waals surface area contributed by atoms with Crippen molar-refractivity contribution in [3.63, 3.8) is 0 Å². The van der Waals surface area contributed by atoms with Crippen LogP contribution in [0.1, 0.15) is 6.42 Å². The number of rotatable bonds is 8. The third-order valence-corrected chi connectivity index (χ3v) is 5.02. The zero-order valence-corrected chi connectivity index (χ0v) is 16.5. The van der Waals surface area contributed by atoms with Gasteiger partial charge >= 0.3 is 0 Å². The molecule has 6 heteroatoms. The molecule has 150 valence electrons. The summed E-state index contributed by atoms with van der Waals surface area (Å²) in [6, 6.07) is 17.0. The molecule has 1 N–H and O–H groups in total. The number of phenols is 1. The van der Waals surface area contributed by atoms with Crippen molar-refractivity contribution >= 4 is 11.6 Å². The predicted molar refractivity (Wildman–Crippen MR) is 111 cm³/mol. The zero-order chi connectivity index (χ0) is 19.8. The van der Waals surface area contributed by atoms with Gasteiger partial charge in [0.15, 0.2) is 0 Å². The summed E-state index contributed by atoms with van der Waals surface area (Å²) in [5.74, 6) is 1.30. The van der Waals surface area contributed by atoms with E-state index in [1.165, 1.54) is 0 Å². The number of likely N-dealkylation sites (N-methyl/N-ethyl adjacent to an activating group) is 1. The average molecular weight is 383 g/mol. The van der Waals surface area contributed by atoms with Crippen molar-refractivity contribution in [2.24, 2.45) is 0 Å². The molecule has 28 heavy (non-hydrogen) atoms. The molecule has 1 amide bonds. The van der Waals surface area contributed by atoms with E-state index < -0.39 is 0 Å². The lowest BCUT2D eigenvalue weighted by Gasteiger charge is -2.36. The molecule has 1 aliphatic rings. The van der Waals surface area contributed by atoms with Gasteiger partial charge in [-0.15, -0.1) is 0 Å². The number of hydrogen-bond acceptors (Lipinski definition) is 5. The summed E-state index contributed by atoms with van der Waals surface area (Å²) in [5, 5.41) is 9.41. The number of benzene rings is 2. The van der Waals surface area contributed by atoms with Gasteiger partial charge in [0.2, 0.25) is 5.91 Å². The molecule has 2 aromatic carbocycles. The maximum atomic E-state index is 12.5. The molecule has 0 aromatic heterocycles. The molecule has 6 nitrogen and oxygen atoms in total. The average Bonchev–Trinajstić information content (AvgIpc) is 2.73. The molecule has 1 heterocycles. The van der Waals surface area contributed by atoms with E-state index in [-0.39, 0.29) is 11.7 Å². The summed E-state index contributed by atoms with van der Waals surface area (Å²) in [6.45, 7) is 5.24. The molecule has 1 aliphatic heterocycles. The van der Waals surface area contributed by atoms with Gasteiger partial charge < -0.3 is 19.6 Å². The molecule has 0 bridgehead atoms. The Morgan fingerprint density at radius 1 is 1.04 bits per heavy atom. The van der Waals surface area contributed by atoms with E-state index in [1.807, 2.05) is 49.5 Å². The Bertz CT molecular complexity index is 728. The third-order valence-electron chi connectivity index (χ3n) is 5.02. The highest BCUT2D eigenvalue weighted by atomic mass is 16.5. The van der Waals surface area contributed by atoms with Crippen LogP contribution < -0.4 is 9.64 Å². The van der Waals surface area contributed by atoms with Crippen LogP contribution in [0.15, 0.2) is 54.6 Å². The fourth-order valence-corrected chi connectivity index (χ4v) is 3.27. The summed E-state index contributed by atoms with van der Waals surface area (Å²) < 4.78 is 5.68. The van der Waals surface area contributed by atoms with E-state index in [9.17, 15) is 9.90 Å². The van der Waals surface area contributed by atoms with E-state index in [1.54, 1.807) is 17.0 Å². The second-order valence-electron chi connectivity index (χ2n) is 7.11. The quantitative estimate of drug-likeness (QED) is 0.710. The molecule has 0 unspecified atom stereocenters. The zero-order valence-electron chi connectivity index (χ0n) is 16.5. The Hall–Kier alpha value is -2.73. The minimum atomic E-state index is 0.151. The topological polar surface area (TPSA) is 56.2 Å². The number of aromatic hydroxyl groups is 1. The second-order valence-corrected chi connectivity index (χ2v) is 7.11. The maximum Gasteiger partial charge on any atom is 0.236 e. The van der Waals surface area contributed by atoms with E-state index in [4.69, 9.17) is 4.74 Å². The van der Waals surface area contributed by atoms with Crippen LogP contribution >= 0.6 is 0 Å². The van der Waals surface area contributed by atoms with Crippen molar-refractivity contribution in [2.75, 3.05) is 57.8 Å². The number of nitrogens with zero attached hydrogens (tertiary/aromatic N) is 3. The molecule has 1 fully saturated rings. The summed E-state index contributed by atoms with van der Waals surface area (Å²) in [7, 11) is 1.86. The predicted octanol–water partition coefficient (Wildman–Crippen LogP) is 2.44. The molecule has 3 rings (SSSR count).